The van der Waals surface area contributed by atoms with Gasteiger partial charge < -0.3 is 30.3 Å². The number of carbonyl (C=O) groups excluding carboxylic acids is 1. The predicted octanol–water partition coefficient (Wildman–Crippen LogP) is 7.16. The SMILES string of the molecule is C=C(COCCN1CCOCC1)[C@@H]1CC[C@]2(C(=O)NCCNCC(=O)O)CC[C@]3(C)[C@H](CC[C@@H]4[C@@]5(C)CC=C(c6ccc(C(=O)O)cc6)C(C)(C)[C@@H]5CC[C@]43C)[C@@H]12. The van der Waals surface area contributed by atoms with E-state index in [2.05, 4.69) is 56.2 Å². The van der Waals surface area contributed by atoms with Gasteiger partial charge in [-0.05, 0) is 138 Å². The predicted molar refractivity (Wildman–Crippen MR) is 222 cm³/mol. The average molecular weight is 788 g/mol. The second-order valence-electron chi connectivity index (χ2n) is 19.9. The van der Waals surface area contributed by atoms with Crippen LogP contribution in [0.4, 0.5) is 0 Å². The molecule has 4 saturated carbocycles. The van der Waals surface area contributed by atoms with E-state index < -0.39 is 17.4 Å². The maximum Gasteiger partial charge on any atom is 0.335 e. The molecule has 5 aliphatic carbocycles. The number of benzene rings is 1. The number of ether oxygens (including phenoxy) is 2. The Balaban J connectivity index is 1.14. The van der Waals surface area contributed by atoms with E-state index in [0.29, 0.717) is 49.6 Å². The van der Waals surface area contributed by atoms with Crippen LogP contribution in [-0.2, 0) is 19.1 Å². The number of nitrogens with one attached hydrogen (secondary N) is 2. The molecule has 1 aromatic carbocycles. The first-order valence-electron chi connectivity index (χ1n) is 21.9. The third kappa shape index (κ3) is 7.33. The van der Waals surface area contributed by atoms with Crippen molar-refractivity contribution in [2.24, 2.45) is 56.7 Å². The van der Waals surface area contributed by atoms with Gasteiger partial charge in [0.05, 0.1) is 44.0 Å². The summed E-state index contributed by atoms with van der Waals surface area (Å²) in [6.07, 6.45) is 11.8. The van der Waals surface area contributed by atoms with Crippen molar-refractivity contribution in [2.45, 2.75) is 92.4 Å². The van der Waals surface area contributed by atoms with Gasteiger partial charge in [0, 0.05) is 32.7 Å². The zero-order valence-electron chi connectivity index (χ0n) is 35.3. The molecule has 4 N–H and O–H groups in total. The molecular formula is C47H69N3O7. The molecular weight excluding hydrogens is 719 g/mol. The highest BCUT2D eigenvalue weighted by Gasteiger charge is 2.71. The van der Waals surface area contributed by atoms with Crippen molar-refractivity contribution in [3.05, 3.63) is 53.6 Å². The Morgan fingerprint density at radius 3 is 2.33 bits per heavy atom. The summed E-state index contributed by atoms with van der Waals surface area (Å²) in [4.78, 5) is 39.7. The van der Waals surface area contributed by atoms with E-state index in [-0.39, 0.29) is 45.9 Å². The largest absolute Gasteiger partial charge is 0.480 e. The Hall–Kier alpha value is -3.05. The summed E-state index contributed by atoms with van der Waals surface area (Å²) >= 11 is 0. The van der Waals surface area contributed by atoms with Gasteiger partial charge in [-0.25, -0.2) is 4.79 Å². The quantitative estimate of drug-likeness (QED) is 0.114. The number of rotatable bonds is 14. The summed E-state index contributed by atoms with van der Waals surface area (Å²) in [6.45, 7) is 23.6. The minimum atomic E-state index is -0.900. The van der Waals surface area contributed by atoms with Crippen molar-refractivity contribution in [1.29, 1.82) is 0 Å². The summed E-state index contributed by atoms with van der Waals surface area (Å²) in [7, 11) is 0. The van der Waals surface area contributed by atoms with Crippen molar-refractivity contribution in [3.63, 3.8) is 0 Å². The van der Waals surface area contributed by atoms with Crippen LogP contribution in [-0.4, -0.2) is 98.7 Å². The first-order valence-corrected chi connectivity index (χ1v) is 21.9. The summed E-state index contributed by atoms with van der Waals surface area (Å²) in [5.74, 6) is 0.177. The van der Waals surface area contributed by atoms with E-state index in [1.165, 1.54) is 5.57 Å². The molecule has 0 aromatic heterocycles. The van der Waals surface area contributed by atoms with E-state index in [1.54, 1.807) is 12.1 Å². The van der Waals surface area contributed by atoms with Crippen molar-refractivity contribution in [3.8, 4) is 0 Å². The fraction of sp³-hybridized carbons (Fsp3) is 0.723. The minimum Gasteiger partial charge on any atom is -0.480 e. The van der Waals surface area contributed by atoms with E-state index >= 15 is 0 Å². The zero-order valence-corrected chi connectivity index (χ0v) is 35.3. The number of aliphatic carboxylic acids is 1. The number of nitrogens with zero attached hydrogens (tertiary/aromatic N) is 1. The monoisotopic (exact) mass is 788 g/mol. The van der Waals surface area contributed by atoms with E-state index in [1.807, 2.05) is 12.1 Å². The molecule has 1 aliphatic heterocycles. The van der Waals surface area contributed by atoms with Gasteiger partial charge in [-0.15, -0.1) is 0 Å². The second-order valence-corrected chi connectivity index (χ2v) is 19.9. The molecule has 9 atom stereocenters. The standard InChI is InChI=1S/C47H69N3O7/c1-31(30-57-28-25-50-23-26-56-27-24-50)34-13-18-47(42(55)49-22-21-48-29-39(51)52)20-19-45(5)36(40(34)47)11-12-38-44(4)16-14-35(32-7-9-33(10-8-32)41(53)54)43(2,3)37(44)15-17-46(38,45)6/h7-10,14,34,36-38,40,48H,1,11-13,15-30H2,2-6H3,(H,49,55)(H,51,52)(H,53,54)/t34-,36+,37-,38+,40+,44-,45+,46+,47-/m0/s1. The minimum absolute atomic E-state index is 0.0578. The maximum atomic E-state index is 14.6. The number of fused-ring (bicyclic) bond motifs is 7. The van der Waals surface area contributed by atoms with Crippen LogP contribution in [0.25, 0.3) is 5.57 Å². The summed E-state index contributed by atoms with van der Waals surface area (Å²) in [5, 5.41) is 24.9. The summed E-state index contributed by atoms with van der Waals surface area (Å²) in [6, 6.07) is 7.48. The molecule has 0 spiro atoms. The van der Waals surface area contributed by atoms with Crippen molar-refractivity contribution in [1.82, 2.24) is 15.5 Å². The first-order chi connectivity index (χ1) is 27.1. The van der Waals surface area contributed by atoms with E-state index in [4.69, 9.17) is 21.2 Å². The third-order valence-electron chi connectivity index (χ3n) is 17.2. The molecule has 1 amide bonds. The average Bonchev–Trinajstić information content (AvgIpc) is 3.58. The Labute approximate surface area is 340 Å². The van der Waals surface area contributed by atoms with Gasteiger partial charge in [0.2, 0.25) is 5.91 Å². The molecule has 0 bridgehead atoms. The summed E-state index contributed by atoms with van der Waals surface area (Å²) < 4.78 is 11.9. The maximum absolute atomic E-state index is 14.6. The highest BCUT2D eigenvalue weighted by Crippen LogP contribution is 2.77. The van der Waals surface area contributed by atoms with E-state index in [9.17, 15) is 19.5 Å². The van der Waals surface area contributed by atoms with Crippen LogP contribution in [0.3, 0.4) is 0 Å². The van der Waals surface area contributed by atoms with Crippen LogP contribution < -0.4 is 10.6 Å². The Bertz CT molecular complexity index is 1720. The molecule has 6 aliphatic rings. The first kappa shape index (κ1) is 42.1. The number of morpholine rings is 1. The van der Waals surface area contributed by atoms with Crippen LogP contribution in [0.2, 0.25) is 0 Å². The van der Waals surface area contributed by atoms with Gasteiger partial charge in [0.1, 0.15) is 0 Å². The topological polar surface area (TPSA) is 137 Å². The molecule has 1 saturated heterocycles. The fourth-order valence-corrected chi connectivity index (χ4v) is 14.3. The number of hydrogen-bond donors (Lipinski definition) is 4. The van der Waals surface area contributed by atoms with Crippen molar-refractivity contribution in [2.75, 3.05) is 65.7 Å². The van der Waals surface area contributed by atoms with E-state index in [0.717, 1.165) is 102 Å². The van der Waals surface area contributed by atoms with Gasteiger partial charge in [-0.1, -0.05) is 59.4 Å². The fourth-order valence-electron chi connectivity index (χ4n) is 14.3. The molecule has 0 radical (unpaired) electrons. The van der Waals surface area contributed by atoms with Crippen molar-refractivity contribution < 1.29 is 34.1 Å². The van der Waals surface area contributed by atoms with Crippen LogP contribution >= 0.6 is 0 Å². The lowest BCUT2D eigenvalue weighted by molar-refractivity contribution is -0.225. The van der Waals surface area contributed by atoms with Gasteiger partial charge in [0.25, 0.3) is 0 Å². The molecule has 57 heavy (non-hydrogen) atoms. The molecule has 0 unspecified atom stereocenters. The molecule has 1 heterocycles. The van der Waals surface area contributed by atoms with Crippen LogP contribution in [0.15, 0.2) is 42.5 Å². The van der Waals surface area contributed by atoms with Crippen LogP contribution in [0.5, 0.6) is 0 Å². The van der Waals surface area contributed by atoms with Crippen LogP contribution in [0.1, 0.15) is 108 Å². The Kier molecular flexibility index (Phi) is 12.0. The van der Waals surface area contributed by atoms with Gasteiger partial charge in [0.15, 0.2) is 0 Å². The van der Waals surface area contributed by atoms with Gasteiger partial charge >= 0.3 is 11.9 Å². The number of carbonyl (C=O) groups is 3. The molecule has 10 heteroatoms. The number of amides is 1. The lowest BCUT2D eigenvalue weighted by atomic mass is 9.32. The number of aromatic carboxylic acids is 1. The number of allylic oxidation sites excluding steroid dienone is 2. The normalized spacial score (nSPS) is 37.1. The van der Waals surface area contributed by atoms with Gasteiger partial charge in [-0.2, -0.15) is 0 Å². The van der Waals surface area contributed by atoms with Gasteiger partial charge in [-0.3, -0.25) is 14.5 Å². The molecule has 10 nitrogen and oxygen atoms in total. The lowest BCUT2D eigenvalue weighted by Gasteiger charge is -2.72. The van der Waals surface area contributed by atoms with Crippen LogP contribution in [0, 0.1) is 56.7 Å². The highest BCUT2D eigenvalue weighted by molar-refractivity contribution is 5.88. The second kappa shape index (κ2) is 16.2. The lowest BCUT2D eigenvalue weighted by Crippen LogP contribution is -2.66. The highest BCUT2D eigenvalue weighted by atomic mass is 16.5. The molecule has 314 valence electrons. The third-order valence-corrected chi connectivity index (χ3v) is 17.2. The number of hydrogen-bond acceptors (Lipinski definition) is 7. The zero-order chi connectivity index (χ0) is 40.8. The number of carboxylic acids is 2. The molecule has 5 fully saturated rings. The van der Waals surface area contributed by atoms with Crippen molar-refractivity contribution >= 4 is 23.4 Å². The molecule has 7 rings (SSSR count). The Morgan fingerprint density at radius 1 is 0.895 bits per heavy atom. The molecule has 1 aromatic rings. The summed E-state index contributed by atoms with van der Waals surface area (Å²) in [5.41, 5.74) is 3.69. The smallest absolute Gasteiger partial charge is 0.335 e. The number of carboxylic acid groups (broad SMARTS) is 2. The Morgan fingerprint density at radius 2 is 1.63 bits per heavy atom.